The molecule has 1 aliphatic rings. The van der Waals surface area contributed by atoms with Crippen LogP contribution < -0.4 is 4.90 Å². The van der Waals surface area contributed by atoms with Gasteiger partial charge in [0.25, 0.3) is 0 Å². The van der Waals surface area contributed by atoms with E-state index in [4.69, 9.17) is 0 Å². The van der Waals surface area contributed by atoms with Crippen LogP contribution in [-0.4, -0.2) is 11.0 Å². The summed E-state index contributed by atoms with van der Waals surface area (Å²) in [5.41, 5.74) is 2.23. The van der Waals surface area contributed by atoms with Crippen LogP contribution in [0.5, 0.6) is 0 Å². The lowest BCUT2D eigenvalue weighted by Crippen LogP contribution is -2.55. The van der Waals surface area contributed by atoms with Crippen LogP contribution in [0, 0.1) is 17.6 Å². The number of halogens is 3. The van der Waals surface area contributed by atoms with Crippen LogP contribution >= 0.6 is 15.9 Å². The molecule has 4 rings (SSSR count). The number of hydrogen-bond donors (Lipinski definition) is 1. The molecule has 1 heterocycles. The molecule has 154 valence electrons. The van der Waals surface area contributed by atoms with Crippen molar-refractivity contribution in [2.45, 2.75) is 25.0 Å². The van der Waals surface area contributed by atoms with Gasteiger partial charge in [-0.05, 0) is 72.5 Å². The fraction of sp³-hybridized carbons (Fsp3) is 0.208. The molecular formula is C24H20BrF2NO2. The summed E-state index contributed by atoms with van der Waals surface area (Å²) in [5.74, 6) is -1.08. The zero-order valence-corrected chi connectivity index (χ0v) is 17.6. The number of carbonyl (C=O) groups is 1. The summed E-state index contributed by atoms with van der Waals surface area (Å²) in [6, 6.07) is 19.2. The second-order valence-electron chi connectivity index (χ2n) is 7.44. The second kappa shape index (κ2) is 8.66. The highest BCUT2D eigenvalue weighted by Gasteiger charge is 2.48. The molecule has 0 aliphatic carbocycles. The van der Waals surface area contributed by atoms with E-state index in [0.717, 1.165) is 10.0 Å². The fourth-order valence-corrected chi connectivity index (χ4v) is 4.40. The Labute approximate surface area is 182 Å². The maximum Gasteiger partial charge on any atom is 0.233 e. The van der Waals surface area contributed by atoms with Crippen LogP contribution in [-0.2, 0) is 4.79 Å². The summed E-state index contributed by atoms with van der Waals surface area (Å²) in [6.07, 6.45) is 0.0807. The summed E-state index contributed by atoms with van der Waals surface area (Å²) in [6.45, 7) is 0. The molecule has 0 radical (unpaired) electrons. The van der Waals surface area contributed by atoms with Gasteiger partial charge in [-0.25, -0.2) is 8.78 Å². The number of aliphatic hydroxyl groups is 1. The molecule has 1 fully saturated rings. The molecule has 1 amide bonds. The summed E-state index contributed by atoms with van der Waals surface area (Å²) >= 11 is 3.48. The van der Waals surface area contributed by atoms with Crippen molar-refractivity contribution >= 4 is 27.5 Å². The van der Waals surface area contributed by atoms with Crippen LogP contribution in [0.1, 0.15) is 36.1 Å². The van der Waals surface area contributed by atoms with Gasteiger partial charge in [0.2, 0.25) is 5.91 Å². The van der Waals surface area contributed by atoms with Crippen LogP contribution in [0.15, 0.2) is 77.3 Å². The van der Waals surface area contributed by atoms with Crippen LogP contribution in [0.25, 0.3) is 0 Å². The number of hydrogen-bond acceptors (Lipinski definition) is 2. The Morgan fingerprint density at radius 3 is 2.23 bits per heavy atom. The summed E-state index contributed by atoms with van der Waals surface area (Å²) in [4.78, 5) is 14.7. The first-order chi connectivity index (χ1) is 14.4. The van der Waals surface area contributed by atoms with Crippen molar-refractivity contribution in [3.05, 3.63) is 100 Å². The van der Waals surface area contributed by atoms with Gasteiger partial charge in [0, 0.05) is 10.2 Å². The van der Waals surface area contributed by atoms with Crippen molar-refractivity contribution < 1.29 is 18.7 Å². The lowest BCUT2D eigenvalue weighted by atomic mass is 9.78. The van der Waals surface area contributed by atoms with E-state index in [9.17, 15) is 18.7 Å². The van der Waals surface area contributed by atoms with E-state index in [1.54, 1.807) is 29.2 Å². The molecule has 3 aromatic rings. The zero-order valence-electron chi connectivity index (χ0n) is 16.0. The Morgan fingerprint density at radius 1 is 0.967 bits per heavy atom. The Morgan fingerprint density at radius 2 is 1.60 bits per heavy atom. The topological polar surface area (TPSA) is 40.5 Å². The third-order valence-electron chi connectivity index (χ3n) is 5.51. The van der Waals surface area contributed by atoms with Crippen molar-refractivity contribution in [3.8, 4) is 0 Å². The first-order valence-corrected chi connectivity index (χ1v) is 10.5. The number of benzene rings is 3. The normalized spacial score (nSPS) is 19.5. The number of anilines is 1. The van der Waals surface area contributed by atoms with E-state index < -0.39 is 6.10 Å². The first kappa shape index (κ1) is 20.7. The number of nitrogens with zero attached hydrogens (tertiary/aromatic N) is 1. The first-order valence-electron chi connectivity index (χ1n) is 9.71. The van der Waals surface area contributed by atoms with Gasteiger partial charge in [0.1, 0.15) is 11.6 Å². The van der Waals surface area contributed by atoms with Gasteiger partial charge in [-0.15, -0.1) is 0 Å². The van der Waals surface area contributed by atoms with Crippen molar-refractivity contribution in [2.75, 3.05) is 4.90 Å². The van der Waals surface area contributed by atoms with Gasteiger partial charge in [-0.1, -0.05) is 40.2 Å². The van der Waals surface area contributed by atoms with E-state index in [-0.39, 0.29) is 29.5 Å². The van der Waals surface area contributed by atoms with Crippen LogP contribution in [0.4, 0.5) is 14.5 Å². The standard InChI is InChI=1S/C24H20BrF2NO2/c25-17-3-1-2-16(14-17)23-21(12-13-22(29)15-4-6-18(26)7-5-15)24(30)28(23)20-10-8-19(27)9-11-20/h1-11,14,21-23,29H,12-13H2/t21-,22?,23-/m1/s1. The molecule has 6 heteroatoms. The molecule has 3 aromatic carbocycles. The highest BCUT2D eigenvalue weighted by atomic mass is 79.9. The highest BCUT2D eigenvalue weighted by Crippen LogP contribution is 2.46. The fourth-order valence-electron chi connectivity index (χ4n) is 3.98. The number of β-lactam (4-membered cyclic amide) rings is 1. The van der Waals surface area contributed by atoms with E-state index >= 15 is 0 Å². The minimum absolute atomic E-state index is 0.0575. The maximum absolute atomic E-state index is 13.4. The van der Waals surface area contributed by atoms with Crippen molar-refractivity contribution in [1.29, 1.82) is 0 Å². The van der Waals surface area contributed by atoms with Crippen LogP contribution in [0.2, 0.25) is 0 Å². The molecule has 1 saturated heterocycles. The SMILES string of the molecule is O=C1[C@H](CCC(O)c2ccc(F)cc2)[C@@H](c2cccc(Br)c2)N1c1ccc(F)cc1. The maximum atomic E-state index is 13.4. The lowest BCUT2D eigenvalue weighted by molar-refractivity contribution is -0.131. The number of aliphatic hydroxyl groups excluding tert-OH is 1. The monoisotopic (exact) mass is 471 g/mol. The molecule has 0 aromatic heterocycles. The third-order valence-corrected chi connectivity index (χ3v) is 6.01. The van der Waals surface area contributed by atoms with Gasteiger partial charge >= 0.3 is 0 Å². The highest BCUT2D eigenvalue weighted by molar-refractivity contribution is 9.10. The molecule has 1 unspecified atom stereocenters. The summed E-state index contributed by atoms with van der Waals surface area (Å²) in [7, 11) is 0. The average Bonchev–Trinajstić information content (AvgIpc) is 2.73. The summed E-state index contributed by atoms with van der Waals surface area (Å²) in [5, 5.41) is 10.5. The van der Waals surface area contributed by atoms with Gasteiger partial charge in [0.05, 0.1) is 18.1 Å². The molecule has 0 saturated carbocycles. The number of carbonyl (C=O) groups excluding carboxylic acids is 1. The zero-order chi connectivity index (χ0) is 21.3. The molecule has 30 heavy (non-hydrogen) atoms. The predicted molar refractivity (Wildman–Crippen MR) is 115 cm³/mol. The Bertz CT molecular complexity index is 1040. The molecule has 1 N–H and O–H groups in total. The van der Waals surface area contributed by atoms with E-state index in [1.807, 2.05) is 24.3 Å². The van der Waals surface area contributed by atoms with Gasteiger partial charge < -0.3 is 10.0 Å². The van der Waals surface area contributed by atoms with Crippen molar-refractivity contribution in [3.63, 3.8) is 0 Å². The second-order valence-corrected chi connectivity index (χ2v) is 8.35. The minimum Gasteiger partial charge on any atom is -0.388 e. The van der Waals surface area contributed by atoms with Gasteiger partial charge in [0.15, 0.2) is 0 Å². The van der Waals surface area contributed by atoms with Crippen molar-refractivity contribution in [1.82, 2.24) is 0 Å². The lowest BCUT2D eigenvalue weighted by Gasteiger charge is -2.48. The van der Waals surface area contributed by atoms with Crippen LogP contribution in [0.3, 0.4) is 0 Å². The van der Waals surface area contributed by atoms with Crippen molar-refractivity contribution in [2.24, 2.45) is 5.92 Å². The molecule has 0 spiro atoms. The van der Waals surface area contributed by atoms with E-state index in [0.29, 0.717) is 24.1 Å². The predicted octanol–water partition coefficient (Wildman–Crippen LogP) is 5.95. The summed E-state index contributed by atoms with van der Waals surface area (Å²) < 4.78 is 27.4. The quantitative estimate of drug-likeness (QED) is 0.451. The average molecular weight is 472 g/mol. The Hall–Kier alpha value is -2.57. The molecule has 0 bridgehead atoms. The van der Waals surface area contributed by atoms with Gasteiger partial charge in [-0.3, -0.25) is 4.79 Å². The Balaban J connectivity index is 1.56. The Kier molecular flexibility index (Phi) is 5.97. The number of amides is 1. The van der Waals surface area contributed by atoms with E-state index in [2.05, 4.69) is 15.9 Å². The molecule has 1 aliphatic heterocycles. The molecule has 3 nitrogen and oxygen atoms in total. The minimum atomic E-state index is -0.776. The third kappa shape index (κ3) is 4.16. The largest absolute Gasteiger partial charge is 0.388 e. The molecular weight excluding hydrogens is 452 g/mol. The number of rotatable bonds is 6. The van der Waals surface area contributed by atoms with E-state index in [1.165, 1.54) is 24.3 Å². The molecule has 3 atom stereocenters. The van der Waals surface area contributed by atoms with Gasteiger partial charge in [-0.2, -0.15) is 0 Å². The smallest absolute Gasteiger partial charge is 0.233 e.